The van der Waals surface area contributed by atoms with Gasteiger partial charge in [-0.05, 0) is 35.4 Å². The van der Waals surface area contributed by atoms with Crippen LogP contribution in [0.3, 0.4) is 0 Å². The molecule has 0 radical (unpaired) electrons. The standard InChI is InChI=1S/C28H16N2O8/c1-29-23(31)13-5-3-11(19-17(27(35)36)9-7-15(21(13)19)25(29)33)12-4-6-14-22-16(26(34)30(2)24(14)32)8-10-18(20(12)22)28(37)38/h3-10H,1-2H3,(H,35,36)(H,37,38)/p-2. The van der Waals surface area contributed by atoms with Gasteiger partial charge in [-0.15, -0.1) is 0 Å². The fourth-order valence-corrected chi connectivity index (χ4v) is 5.40. The van der Waals surface area contributed by atoms with Crippen molar-refractivity contribution in [2.75, 3.05) is 14.1 Å². The molecule has 4 aromatic carbocycles. The van der Waals surface area contributed by atoms with Crippen molar-refractivity contribution in [1.82, 2.24) is 9.80 Å². The number of amides is 4. The van der Waals surface area contributed by atoms with E-state index in [1.807, 2.05) is 0 Å². The fourth-order valence-electron chi connectivity index (χ4n) is 5.40. The molecule has 2 heterocycles. The number of aromatic carboxylic acids is 2. The van der Waals surface area contributed by atoms with Crippen LogP contribution in [0.15, 0.2) is 48.5 Å². The van der Waals surface area contributed by atoms with Crippen LogP contribution in [0.5, 0.6) is 0 Å². The second-order valence-electron chi connectivity index (χ2n) is 9.06. The van der Waals surface area contributed by atoms with E-state index in [-0.39, 0.29) is 66.1 Å². The van der Waals surface area contributed by atoms with Gasteiger partial charge in [-0.2, -0.15) is 0 Å². The van der Waals surface area contributed by atoms with Gasteiger partial charge in [-0.1, -0.05) is 24.3 Å². The van der Waals surface area contributed by atoms with Gasteiger partial charge < -0.3 is 19.8 Å². The number of carboxylic acid groups (broad SMARTS) is 2. The molecule has 6 rings (SSSR count). The van der Waals surface area contributed by atoms with E-state index in [9.17, 15) is 39.0 Å². The van der Waals surface area contributed by atoms with Gasteiger partial charge in [0.05, 0.1) is 11.9 Å². The molecule has 0 unspecified atom stereocenters. The molecule has 0 bridgehead atoms. The van der Waals surface area contributed by atoms with Gasteiger partial charge in [0.1, 0.15) is 0 Å². The van der Waals surface area contributed by atoms with Crippen molar-refractivity contribution in [2.45, 2.75) is 0 Å². The number of hydrogen-bond donors (Lipinski definition) is 0. The fraction of sp³-hybridized carbons (Fsp3) is 0.0714. The molecule has 0 saturated carbocycles. The van der Waals surface area contributed by atoms with Crippen LogP contribution >= 0.6 is 0 Å². The molecule has 0 aliphatic carbocycles. The highest BCUT2D eigenvalue weighted by molar-refractivity contribution is 6.32. The van der Waals surface area contributed by atoms with E-state index in [1.54, 1.807) is 0 Å². The van der Waals surface area contributed by atoms with E-state index in [1.165, 1.54) is 62.6 Å². The minimum Gasteiger partial charge on any atom is -0.545 e. The molecule has 0 fully saturated rings. The number of imide groups is 2. The second-order valence-corrected chi connectivity index (χ2v) is 9.06. The van der Waals surface area contributed by atoms with E-state index in [0.717, 1.165) is 9.80 Å². The number of hydrogen-bond acceptors (Lipinski definition) is 8. The Balaban J connectivity index is 1.83. The summed E-state index contributed by atoms with van der Waals surface area (Å²) in [5, 5.41) is 24.5. The highest BCUT2D eigenvalue weighted by Crippen LogP contribution is 2.43. The molecule has 0 N–H and O–H groups in total. The molecule has 0 saturated heterocycles. The predicted octanol–water partition coefficient (Wildman–Crippen LogP) is 0.839. The van der Waals surface area contributed by atoms with Gasteiger partial charge in [-0.25, -0.2) is 0 Å². The molecule has 0 spiro atoms. The molecule has 10 heteroatoms. The Hall–Kier alpha value is -5.38. The number of carbonyl (C=O) groups is 6. The zero-order valence-corrected chi connectivity index (χ0v) is 19.8. The average molecular weight is 506 g/mol. The number of rotatable bonds is 3. The third kappa shape index (κ3) is 2.76. The maximum Gasteiger partial charge on any atom is 0.261 e. The number of benzene rings is 4. The lowest BCUT2D eigenvalue weighted by atomic mass is 9.82. The summed E-state index contributed by atoms with van der Waals surface area (Å²) in [6, 6.07) is 10.7. The summed E-state index contributed by atoms with van der Waals surface area (Å²) >= 11 is 0. The van der Waals surface area contributed by atoms with Crippen molar-refractivity contribution in [2.24, 2.45) is 0 Å². The third-order valence-electron chi connectivity index (χ3n) is 7.19. The summed E-state index contributed by atoms with van der Waals surface area (Å²) in [6.07, 6.45) is 0. The number of carbonyl (C=O) groups excluding carboxylic acids is 6. The van der Waals surface area contributed by atoms with E-state index in [4.69, 9.17) is 0 Å². The molecule has 10 nitrogen and oxygen atoms in total. The monoisotopic (exact) mass is 506 g/mol. The van der Waals surface area contributed by atoms with E-state index >= 15 is 0 Å². The lowest BCUT2D eigenvalue weighted by Crippen LogP contribution is -2.37. The van der Waals surface area contributed by atoms with Crippen molar-refractivity contribution < 1.29 is 39.0 Å². The maximum absolute atomic E-state index is 12.9. The highest BCUT2D eigenvalue weighted by atomic mass is 16.4. The first-order valence-corrected chi connectivity index (χ1v) is 11.3. The van der Waals surface area contributed by atoms with E-state index in [2.05, 4.69) is 0 Å². The topological polar surface area (TPSA) is 155 Å². The Labute approximate surface area is 213 Å². The molecule has 186 valence electrons. The van der Waals surface area contributed by atoms with E-state index < -0.39 is 35.6 Å². The maximum atomic E-state index is 12.9. The third-order valence-corrected chi connectivity index (χ3v) is 7.19. The van der Waals surface area contributed by atoms with Gasteiger partial charge in [0, 0.05) is 69.0 Å². The summed E-state index contributed by atoms with van der Waals surface area (Å²) in [4.78, 5) is 77.9. The van der Waals surface area contributed by atoms with Gasteiger partial charge >= 0.3 is 0 Å². The molecule has 0 aromatic heterocycles. The van der Waals surface area contributed by atoms with Crippen LogP contribution in [0.1, 0.15) is 62.1 Å². The summed E-state index contributed by atoms with van der Waals surface area (Å²) in [5.74, 6) is -5.71. The van der Waals surface area contributed by atoms with Crippen molar-refractivity contribution in [1.29, 1.82) is 0 Å². The van der Waals surface area contributed by atoms with Crippen LogP contribution in [0.2, 0.25) is 0 Å². The molecular weight excluding hydrogens is 492 g/mol. The Morgan fingerprint density at radius 3 is 1.03 bits per heavy atom. The predicted molar refractivity (Wildman–Crippen MR) is 128 cm³/mol. The van der Waals surface area contributed by atoms with Crippen LogP contribution in [-0.4, -0.2) is 59.5 Å². The van der Waals surface area contributed by atoms with Crippen LogP contribution < -0.4 is 10.2 Å². The smallest absolute Gasteiger partial charge is 0.261 e. The summed E-state index contributed by atoms with van der Waals surface area (Å²) < 4.78 is 0. The van der Waals surface area contributed by atoms with Crippen molar-refractivity contribution >= 4 is 57.1 Å². The highest BCUT2D eigenvalue weighted by Gasteiger charge is 2.34. The normalized spacial score (nSPS) is 14.6. The Bertz CT molecular complexity index is 1710. The van der Waals surface area contributed by atoms with Gasteiger partial charge in [0.25, 0.3) is 23.6 Å². The first-order valence-electron chi connectivity index (χ1n) is 11.3. The van der Waals surface area contributed by atoms with Gasteiger partial charge in [0.2, 0.25) is 0 Å². The van der Waals surface area contributed by atoms with Gasteiger partial charge in [-0.3, -0.25) is 29.0 Å². The van der Waals surface area contributed by atoms with Crippen LogP contribution in [-0.2, 0) is 0 Å². The summed E-state index contributed by atoms with van der Waals surface area (Å²) in [7, 11) is 2.62. The molecule has 2 aliphatic rings. The summed E-state index contributed by atoms with van der Waals surface area (Å²) in [6.45, 7) is 0. The van der Waals surface area contributed by atoms with Crippen LogP contribution in [0.25, 0.3) is 32.7 Å². The largest absolute Gasteiger partial charge is 0.545 e. The zero-order chi connectivity index (χ0) is 27.2. The first kappa shape index (κ1) is 23.0. The van der Waals surface area contributed by atoms with Crippen molar-refractivity contribution in [3.8, 4) is 11.1 Å². The van der Waals surface area contributed by atoms with Crippen LogP contribution in [0, 0.1) is 0 Å². The molecule has 0 atom stereocenters. The lowest BCUT2D eigenvalue weighted by molar-refractivity contribution is -0.256. The molecule has 2 aliphatic heterocycles. The number of carboxylic acids is 2. The molecule has 4 aromatic rings. The molecular formula is C28H14N2O8-2. The number of nitrogens with zero attached hydrogens (tertiary/aromatic N) is 2. The van der Waals surface area contributed by atoms with Crippen molar-refractivity contribution in [3.63, 3.8) is 0 Å². The minimum absolute atomic E-state index is 0.00891. The lowest BCUT2D eigenvalue weighted by Gasteiger charge is -2.28. The SMILES string of the molecule is CN1C(=O)c2ccc(C(=O)[O-])c3c(-c4ccc5c6c(ccc(C(=O)[O-])c46)C(=O)N(C)C5=O)ccc(c23)C1=O. The first-order chi connectivity index (χ1) is 18.0. The summed E-state index contributed by atoms with van der Waals surface area (Å²) in [5.41, 5.74) is 0.0105. The molecule has 4 amide bonds. The quantitative estimate of drug-likeness (QED) is 0.370. The Morgan fingerprint density at radius 1 is 0.474 bits per heavy atom. The van der Waals surface area contributed by atoms with Gasteiger partial charge in [0.15, 0.2) is 0 Å². The van der Waals surface area contributed by atoms with Crippen molar-refractivity contribution in [3.05, 3.63) is 81.9 Å². The second kappa shape index (κ2) is 7.56. The average Bonchev–Trinajstić information content (AvgIpc) is 2.90. The molecule has 38 heavy (non-hydrogen) atoms. The Morgan fingerprint density at radius 2 is 0.737 bits per heavy atom. The van der Waals surface area contributed by atoms with Crippen LogP contribution in [0.4, 0.5) is 0 Å². The Kier molecular flexibility index (Phi) is 4.58. The van der Waals surface area contributed by atoms with E-state index in [0.29, 0.717) is 0 Å². The minimum atomic E-state index is -1.58. The zero-order valence-electron chi connectivity index (χ0n) is 19.8.